The lowest BCUT2D eigenvalue weighted by Gasteiger charge is -2.30. The number of nitrogens with one attached hydrogen (secondary N) is 1. The first kappa shape index (κ1) is 22.6. The second-order valence-electron chi connectivity index (χ2n) is 7.71. The minimum atomic E-state index is -3.46. The summed E-state index contributed by atoms with van der Waals surface area (Å²) in [5.41, 5.74) is 1.29. The number of benzene rings is 2. The molecule has 0 aliphatic carbocycles. The Morgan fingerprint density at radius 2 is 1.87 bits per heavy atom. The van der Waals surface area contributed by atoms with Crippen molar-refractivity contribution in [3.05, 3.63) is 59.1 Å². The molecule has 1 amide bonds. The Morgan fingerprint density at radius 3 is 2.53 bits per heavy atom. The SMILES string of the molecule is CC(C)Oc1ccccc1NC(=O)C1CCN(S(=O)(=O)Cc2cccc(Cl)c2)CC1. The number of anilines is 1. The molecule has 30 heavy (non-hydrogen) atoms. The van der Waals surface area contributed by atoms with Gasteiger partial charge in [-0.25, -0.2) is 12.7 Å². The summed E-state index contributed by atoms with van der Waals surface area (Å²) >= 11 is 5.96. The zero-order valence-corrected chi connectivity index (χ0v) is 18.7. The Balaban J connectivity index is 1.58. The molecular formula is C22H27ClN2O4S. The fourth-order valence-electron chi connectivity index (χ4n) is 3.49. The summed E-state index contributed by atoms with van der Waals surface area (Å²) < 4.78 is 32.7. The van der Waals surface area contributed by atoms with Gasteiger partial charge in [-0.15, -0.1) is 0 Å². The second kappa shape index (κ2) is 9.81. The molecule has 0 spiro atoms. The summed E-state index contributed by atoms with van der Waals surface area (Å²) in [5, 5.41) is 3.45. The number of amides is 1. The van der Waals surface area contributed by atoms with Crippen LogP contribution < -0.4 is 10.1 Å². The van der Waals surface area contributed by atoms with Crippen LogP contribution >= 0.6 is 11.6 Å². The molecule has 1 N–H and O–H groups in total. The monoisotopic (exact) mass is 450 g/mol. The number of halogens is 1. The molecule has 0 radical (unpaired) electrons. The number of ether oxygens (including phenoxy) is 1. The van der Waals surface area contributed by atoms with E-state index in [0.29, 0.717) is 48.0 Å². The van der Waals surface area contributed by atoms with Gasteiger partial charge in [0.2, 0.25) is 15.9 Å². The molecule has 8 heteroatoms. The zero-order valence-electron chi connectivity index (χ0n) is 17.2. The van der Waals surface area contributed by atoms with E-state index in [1.807, 2.05) is 32.0 Å². The summed E-state index contributed by atoms with van der Waals surface area (Å²) in [6, 6.07) is 14.2. The number of piperidine rings is 1. The number of nitrogens with zero attached hydrogens (tertiary/aromatic N) is 1. The maximum atomic E-state index is 12.7. The summed E-state index contributed by atoms with van der Waals surface area (Å²) in [6.45, 7) is 4.51. The van der Waals surface area contributed by atoms with Gasteiger partial charge in [0.25, 0.3) is 0 Å². The van der Waals surface area contributed by atoms with Crippen molar-refractivity contribution in [3.63, 3.8) is 0 Å². The molecule has 1 heterocycles. The maximum Gasteiger partial charge on any atom is 0.227 e. The third kappa shape index (κ3) is 5.97. The standard InChI is InChI=1S/C22H27ClN2O4S/c1-16(2)29-21-9-4-3-8-20(21)24-22(26)18-10-12-25(13-11-18)30(27,28)15-17-6-5-7-19(23)14-17/h3-9,14,16,18H,10-13,15H2,1-2H3,(H,24,26). The molecule has 1 aliphatic heterocycles. The average Bonchev–Trinajstić information content (AvgIpc) is 2.69. The fourth-order valence-corrected chi connectivity index (χ4v) is 5.25. The van der Waals surface area contributed by atoms with Crippen molar-refractivity contribution in [1.29, 1.82) is 0 Å². The van der Waals surface area contributed by atoms with Crippen LogP contribution in [0.2, 0.25) is 5.02 Å². The fraction of sp³-hybridized carbons (Fsp3) is 0.409. The minimum absolute atomic E-state index is 0.00371. The van der Waals surface area contributed by atoms with Crippen LogP contribution in [0.15, 0.2) is 48.5 Å². The molecule has 0 unspecified atom stereocenters. The Morgan fingerprint density at radius 1 is 1.17 bits per heavy atom. The van der Waals surface area contributed by atoms with Crippen LogP contribution in [0.25, 0.3) is 0 Å². The van der Waals surface area contributed by atoms with Gasteiger partial charge in [-0.05, 0) is 56.5 Å². The van der Waals surface area contributed by atoms with Crippen molar-refractivity contribution in [2.24, 2.45) is 5.92 Å². The summed E-state index contributed by atoms with van der Waals surface area (Å²) in [4.78, 5) is 12.7. The largest absolute Gasteiger partial charge is 0.489 e. The van der Waals surface area contributed by atoms with Gasteiger partial charge in [-0.3, -0.25) is 4.79 Å². The number of sulfonamides is 1. The van der Waals surface area contributed by atoms with Gasteiger partial charge >= 0.3 is 0 Å². The van der Waals surface area contributed by atoms with Crippen LogP contribution in [0.3, 0.4) is 0 Å². The quantitative estimate of drug-likeness (QED) is 0.682. The number of hydrogen-bond acceptors (Lipinski definition) is 4. The molecule has 2 aromatic carbocycles. The van der Waals surface area contributed by atoms with Gasteiger partial charge in [0.15, 0.2) is 0 Å². The third-order valence-corrected chi connectivity index (χ3v) is 7.05. The highest BCUT2D eigenvalue weighted by Crippen LogP contribution is 2.28. The Kier molecular flexibility index (Phi) is 7.39. The molecule has 0 aromatic heterocycles. The summed E-state index contributed by atoms with van der Waals surface area (Å²) in [5.74, 6) is 0.184. The van der Waals surface area contributed by atoms with E-state index in [-0.39, 0.29) is 23.7 Å². The normalized spacial score (nSPS) is 15.9. The maximum absolute atomic E-state index is 12.7. The van der Waals surface area contributed by atoms with Crippen molar-refractivity contribution in [2.45, 2.75) is 38.5 Å². The summed E-state index contributed by atoms with van der Waals surface area (Å²) in [6.07, 6.45) is 0.956. The van der Waals surface area contributed by atoms with Crippen molar-refractivity contribution in [2.75, 3.05) is 18.4 Å². The predicted octanol–water partition coefficient (Wildman–Crippen LogP) is 4.31. The molecule has 0 bridgehead atoms. The zero-order chi connectivity index (χ0) is 21.7. The second-order valence-corrected chi connectivity index (χ2v) is 10.1. The lowest BCUT2D eigenvalue weighted by atomic mass is 9.97. The van der Waals surface area contributed by atoms with E-state index in [4.69, 9.17) is 16.3 Å². The molecule has 1 saturated heterocycles. The first-order valence-electron chi connectivity index (χ1n) is 10.0. The smallest absolute Gasteiger partial charge is 0.227 e. The average molecular weight is 451 g/mol. The van der Waals surface area contributed by atoms with Crippen molar-refractivity contribution < 1.29 is 17.9 Å². The van der Waals surface area contributed by atoms with Gasteiger partial charge < -0.3 is 10.1 Å². The number of carbonyl (C=O) groups is 1. The lowest BCUT2D eigenvalue weighted by molar-refractivity contribution is -0.120. The van der Waals surface area contributed by atoms with E-state index in [1.54, 1.807) is 30.3 Å². The van der Waals surface area contributed by atoms with E-state index >= 15 is 0 Å². The number of hydrogen-bond donors (Lipinski definition) is 1. The molecule has 2 aromatic rings. The van der Waals surface area contributed by atoms with Crippen molar-refractivity contribution in [3.8, 4) is 5.75 Å². The van der Waals surface area contributed by atoms with Crippen LogP contribution in [0.1, 0.15) is 32.3 Å². The molecule has 162 valence electrons. The number of rotatable bonds is 7. The Hall–Kier alpha value is -2.09. The molecule has 0 saturated carbocycles. The minimum Gasteiger partial charge on any atom is -0.489 e. The van der Waals surface area contributed by atoms with Crippen LogP contribution in [0.5, 0.6) is 5.75 Å². The number of para-hydroxylation sites is 2. The summed E-state index contributed by atoms with van der Waals surface area (Å²) in [7, 11) is -3.46. The molecule has 3 rings (SSSR count). The van der Waals surface area contributed by atoms with Gasteiger partial charge in [0.05, 0.1) is 17.5 Å². The van der Waals surface area contributed by atoms with Crippen molar-refractivity contribution in [1.82, 2.24) is 4.31 Å². The van der Waals surface area contributed by atoms with Crippen LogP contribution in [-0.4, -0.2) is 37.8 Å². The highest BCUT2D eigenvalue weighted by atomic mass is 35.5. The van der Waals surface area contributed by atoms with Gasteiger partial charge in [0.1, 0.15) is 5.75 Å². The van der Waals surface area contributed by atoms with Crippen LogP contribution in [-0.2, 0) is 20.6 Å². The highest BCUT2D eigenvalue weighted by molar-refractivity contribution is 7.88. The van der Waals surface area contributed by atoms with E-state index in [9.17, 15) is 13.2 Å². The molecule has 1 aliphatic rings. The molecular weight excluding hydrogens is 424 g/mol. The molecule has 0 atom stereocenters. The van der Waals surface area contributed by atoms with Crippen molar-refractivity contribution >= 4 is 33.2 Å². The third-order valence-electron chi connectivity index (χ3n) is 4.96. The van der Waals surface area contributed by atoms with Gasteiger partial charge in [-0.2, -0.15) is 0 Å². The molecule has 1 fully saturated rings. The predicted molar refractivity (Wildman–Crippen MR) is 119 cm³/mol. The van der Waals surface area contributed by atoms with E-state index < -0.39 is 10.0 Å². The van der Waals surface area contributed by atoms with Crippen LogP contribution in [0, 0.1) is 5.92 Å². The first-order valence-corrected chi connectivity index (χ1v) is 12.0. The van der Waals surface area contributed by atoms with Gasteiger partial charge in [0, 0.05) is 24.0 Å². The van der Waals surface area contributed by atoms with E-state index in [0.717, 1.165) is 0 Å². The van der Waals surface area contributed by atoms with Gasteiger partial charge in [-0.1, -0.05) is 35.9 Å². The van der Waals surface area contributed by atoms with E-state index in [1.165, 1.54) is 4.31 Å². The highest BCUT2D eigenvalue weighted by Gasteiger charge is 2.31. The van der Waals surface area contributed by atoms with E-state index in [2.05, 4.69) is 5.32 Å². The number of carbonyl (C=O) groups excluding carboxylic acids is 1. The molecule has 6 nitrogen and oxygen atoms in total. The first-order chi connectivity index (χ1) is 14.2. The topological polar surface area (TPSA) is 75.7 Å². The Labute approximate surface area is 183 Å². The lowest BCUT2D eigenvalue weighted by Crippen LogP contribution is -2.41. The van der Waals surface area contributed by atoms with Crippen LogP contribution in [0.4, 0.5) is 5.69 Å². The Bertz CT molecular complexity index is 986.